The highest BCUT2D eigenvalue weighted by atomic mass is 19.4. The molecule has 0 aliphatic carbocycles. The lowest BCUT2D eigenvalue weighted by atomic mass is 9.83. The standard InChI is InChI=1S/C22H27FN6.3C2HF3O2/c1-26-11-12-29-20(18-13-25-27(2)16-18)14-24-21(29)22(26)7-9-28(10-8-22)15-17-3-5-19(23)6-4-17;3*3-2(4,5)1(6)7/h3-6,13-14,16H,7-12,15H2,1-2H3;3*(H,6,7). The van der Waals surface area contributed by atoms with Crippen molar-refractivity contribution in [1.82, 2.24) is 29.1 Å². The number of hydrogen-bond acceptors (Lipinski definition) is 7. The summed E-state index contributed by atoms with van der Waals surface area (Å²) in [6.07, 6.45) is -7.16. The summed E-state index contributed by atoms with van der Waals surface area (Å²) in [5.41, 5.74) is 3.44. The normalized spacial score (nSPS) is 16.1. The predicted molar refractivity (Wildman–Crippen MR) is 151 cm³/mol. The van der Waals surface area contributed by atoms with Crippen LogP contribution in [-0.2, 0) is 40.1 Å². The predicted octanol–water partition coefficient (Wildman–Crippen LogP) is 4.76. The molecule has 0 bridgehead atoms. The number of carbonyl (C=O) groups is 3. The van der Waals surface area contributed by atoms with E-state index in [0.29, 0.717) is 0 Å². The first-order chi connectivity index (χ1) is 22.9. The molecule has 2 aromatic heterocycles. The van der Waals surface area contributed by atoms with E-state index < -0.39 is 36.4 Å². The van der Waals surface area contributed by atoms with Gasteiger partial charge in [0.15, 0.2) is 0 Å². The number of imidazole rings is 1. The van der Waals surface area contributed by atoms with E-state index in [2.05, 4.69) is 32.7 Å². The van der Waals surface area contributed by atoms with Crippen LogP contribution in [0, 0.1) is 5.82 Å². The molecule has 278 valence electrons. The van der Waals surface area contributed by atoms with Crippen molar-refractivity contribution in [2.24, 2.45) is 7.05 Å². The van der Waals surface area contributed by atoms with Gasteiger partial charge in [-0.2, -0.15) is 44.6 Å². The number of aromatic nitrogens is 4. The van der Waals surface area contributed by atoms with Crippen LogP contribution in [-0.4, -0.2) is 108 Å². The molecule has 22 heteroatoms. The zero-order valence-electron chi connectivity index (χ0n) is 26.0. The van der Waals surface area contributed by atoms with Crippen molar-refractivity contribution in [3.05, 3.63) is 60.1 Å². The molecule has 4 heterocycles. The van der Waals surface area contributed by atoms with Gasteiger partial charge in [0, 0.05) is 51.5 Å². The van der Waals surface area contributed by atoms with Crippen LogP contribution in [0.3, 0.4) is 0 Å². The number of nitrogens with zero attached hydrogens (tertiary/aromatic N) is 6. The Hall–Kier alpha value is -4.73. The molecule has 1 spiro atoms. The molecule has 0 amide bonds. The lowest BCUT2D eigenvalue weighted by molar-refractivity contribution is -0.193. The lowest BCUT2D eigenvalue weighted by Crippen LogP contribution is -2.56. The molecule has 3 aromatic rings. The van der Waals surface area contributed by atoms with Gasteiger partial charge in [0.05, 0.1) is 23.6 Å². The highest BCUT2D eigenvalue weighted by molar-refractivity contribution is 5.73. The number of carboxylic acids is 3. The second kappa shape index (κ2) is 16.3. The molecule has 1 saturated heterocycles. The third-order valence-corrected chi connectivity index (χ3v) is 7.39. The molecular formula is C28H30F10N6O6. The smallest absolute Gasteiger partial charge is 0.475 e. The van der Waals surface area contributed by atoms with Crippen molar-refractivity contribution in [3.8, 4) is 11.3 Å². The van der Waals surface area contributed by atoms with E-state index in [1.54, 1.807) is 12.1 Å². The highest BCUT2D eigenvalue weighted by Gasteiger charge is 2.46. The fraction of sp³-hybridized carbons (Fsp3) is 0.464. The summed E-state index contributed by atoms with van der Waals surface area (Å²) in [5, 5.41) is 25.7. The molecule has 0 atom stereocenters. The van der Waals surface area contributed by atoms with Crippen LogP contribution in [0.5, 0.6) is 0 Å². The molecule has 5 rings (SSSR count). The summed E-state index contributed by atoms with van der Waals surface area (Å²) < 4.78 is 113. The van der Waals surface area contributed by atoms with Gasteiger partial charge in [-0.05, 0) is 37.6 Å². The van der Waals surface area contributed by atoms with E-state index in [-0.39, 0.29) is 11.4 Å². The number of carboxylic acid groups (broad SMARTS) is 3. The van der Waals surface area contributed by atoms with E-state index in [0.717, 1.165) is 56.8 Å². The third-order valence-electron chi connectivity index (χ3n) is 7.39. The summed E-state index contributed by atoms with van der Waals surface area (Å²) in [6.45, 7) is 4.87. The Morgan fingerprint density at radius 3 is 1.62 bits per heavy atom. The minimum absolute atomic E-state index is 0.0159. The van der Waals surface area contributed by atoms with Crippen molar-refractivity contribution < 1.29 is 73.6 Å². The van der Waals surface area contributed by atoms with Crippen molar-refractivity contribution in [3.63, 3.8) is 0 Å². The number of likely N-dealkylation sites (N-methyl/N-ethyl adjacent to an activating group) is 1. The Morgan fingerprint density at radius 2 is 1.22 bits per heavy atom. The maximum Gasteiger partial charge on any atom is 0.490 e. The van der Waals surface area contributed by atoms with Crippen molar-refractivity contribution in [2.75, 3.05) is 26.7 Å². The second-order valence-electron chi connectivity index (χ2n) is 10.8. The number of piperidine rings is 1. The monoisotopic (exact) mass is 736 g/mol. The minimum atomic E-state index is -5.08. The molecular weight excluding hydrogens is 706 g/mol. The SMILES string of the molecule is CN1CCn2c(-c3cnn(C)c3)cnc2C12CCN(Cc1ccc(F)cc1)CC2.O=C(O)C(F)(F)F.O=C(O)C(F)(F)F.O=C(O)C(F)(F)F. The van der Waals surface area contributed by atoms with Crippen LogP contribution < -0.4 is 0 Å². The van der Waals surface area contributed by atoms with Crippen LogP contribution in [0.2, 0.25) is 0 Å². The number of aryl methyl sites for hydroxylation is 1. The molecule has 50 heavy (non-hydrogen) atoms. The molecule has 2 aliphatic rings. The average molecular weight is 737 g/mol. The summed E-state index contributed by atoms with van der Waals surface area (Å²) in [5.74, 6) is -7.26. The van der Waals surface area contributed by atoms with Crippen molar-refractivity contribution >= 4 is 17.9 Å². The van der Waals surface area contributed by atoms with Crippen molar-refractivity contribution in [1.29, 1.82) is 0 Å². The van der Waals surface area contributed by atoms with Crippen LogP contribution in [0.25, 0.3) is 11.3 Å². The zero-order valence-corrected chi connectivity index (χ0v) is 26.0. The number of halogens is 10. The summed E-state index contributed by atoms with van der Waals surface area (Å²) in [4.78, 5) is 36.6. The maximum absolute atomic E-state index is 13.2. The molecule has 2 aliphatic heterocycles. The van der Waals surface area contributed by atoms with Gasteiger partial charge in [0.2, 0.25) is 0 Å². The van der Waals surface area contributed by atoms with E-state index in [1.165, 1.54) is 11.4 Å². The first-order valence-electron chi connectivity index (χ1n) is 14.0. The van der Waals surface area contributed by atoms with Crippen LogP contribution in [0.15, 0.2) is 42.9 Å². The average Bonchev–Trinajstić information content (AvgIpc) is 3.63. The zero-order chi connectivity index (χ0) is 38.2. The van der Waals surface area contributed by atoms with E-state index in [9.17, 15) is 43.9 Å². The van der Waals surface area contributed by atoms with Gasteiger partial charge in [0.25, 0.3) is 0 Å². The summed E-state index contributed by atoms with van der Waals surface area (Å²) in [6, 6.07) is 6.87. The topological polar surface area (TPSA) is 154 Å². The lowest BCUT2D eigenvalue weighted by Gasteiger charge is -2.49. The fourth-order valence-corrected chi connectivity index (χ4v) is 4.93. The number of alkyl halides is 9. The van der Waals surface area contributed by atoms with Crippen LogP contribution >= 0.6 is 0 Å². The van der Waals surface area contributed by atoms with E-state index in [1.807, 2.05) is 36.3 Å². The number of fused-ring (bicyclic) bond motifs is 2. The Balaban J connectivity index is 0.000000338. The van der Waals surface area contributed by atoms with Gasteiger partial charge in [-0.3, -0.25) is 14.5 Å². The molecule has 3 N–H and O–H groups in total. The molecule has 0 saturated carbocycles. The van der Waals surface area contributed by atoms with Gasteiger partial charge >= 0.3 is 36.4 Å². The second-order valence-corrected chi connectivity index (χ2v) is 10.8. The highest BCUT2D eigenvalue weighted by Crippen LogP contribution is 2.41. The molecule has 0 radical (unpaired) electrons. The first kappa shape index (κ1) is 41.4. The van der Waals surface area contributed by atoms with Crippen LogP contribution in [0.1, 0.15) is 24.2 Å². The van der Waals surface area contributed by atoms with E-state index in [4.69, 9.17) is 34.7 Å². The Bertz CT molecular complexity index is 1540. The number of rotatable bonds is 3. The Morgan fingerprint density at radius 1 is 0.760 bits per heavy atom. The van der Waals surface area contributed by atoms with Gasteiger partial charge in [0.1, 0.15) is 11.6 Å². The Kier molecular flexibility index (Phi) is 13.5. The number of hydrogen-bond donors (Lipinski definition) is 3. The quantitative estimate of drug-likeness (QED) is 0.321. The van der Waals surface area contributed by atoms with Gasteiger partial charge in [-0.15, -0.1) is 0 Å². The first-order valence-corrected chi connectivity index (χ1v) is 14.0. The summed E-state index contributed by atoms with van der Waals surface area (Å²) in [7, 11) is 4.18. The third kappa shape index (κ3) is 11.4. The largest absolute Gasteiger partial charge is 0.490 e. The van der Waals surface area contributed by atoms with Gasteiger partial charge < -0.3 is 19.9 Å². The van der Waals surface area contributed by atoms with Gasteiger partial charge in [-0.25, -0.2) is 23.8 Å². The molecule has 1 aromatic carbocycles. The minimum Gasteiger partial charge on any atom is -0.475 e. The summed E-state index contributed by atoms with van der Waals surface area (Å²) >= 11 is 0. The van der Waals surface area contributed by atoms with Crippen LogP contribution in [0.4, 0.5) is 43.9 Å². The molecule has 0 unspecified atom stereocenters. The molecule has 12 nitrogen and oxygen atoms in total. The Labute approximate surface area is 276 Å². The van der Waals surface area contributed by atoms with E-state index >= 15 is 0 Å². The number of benzene rings is 1. The number of aliphatic carboxylic acids is 3. The number of likely N-dealkylation sites (tertiary alicyclic amines) is 1. The fourth-order valence-electron chi connectivity index (χ4n) is 4.93. The molecule has 1 fully saturated rings. The maximum atomic E-state index is 13.2. The van der Waals surface area contributed by atoms with Gasteiger partial charge in [-0.1, -0.05) is 12.1 Å². The van der Waals surface area contributed by atoms with Crippen molar-refractivity contribution in [2.45, 2.75) is 50.0 Å².